The Morgan fingerprint density at radius 1 is 1.17 bits per heavy atom. The number of aliphatic hydroxyl groups excluding tert-OH is 1. The molecule has 15 nitrogen and oxygen atoms in total. The van der Waals surface area contributed by atoms with Crippen LogP contribution in [0.2, 0.25) is 0 Å². The van der Waals surface area contributed by atoms with Crippen molar-refractivity contribution in [2.45, 2.75) is 50.5 Å². The van der Waals surface area contributed by atoms with Crippen LogP contribution in [0.25, 0.3) is 21.9 Å². The van der Waals surface area contributed by atoms with Crippen molar-refractivity contribution in [1.82, 2.24) is 24.6 Å². The number of nitrogens with two attached hydrogens (primary N) is 1. The van der Waals surface area contributed by atoms with E-state index in [-0.39, 0.29) is 29.5 Å². The van der Waals surface area contributed by atoms with Gasteiger partial charge < -0.3 is 29.9 Å². The lowest BCUT2D eigenvalue weighted by molar-refractivity contribution is -0.146. The van der Waals surface area contributed by atoms with Gasteiger partial charge in [0.05, 0.1) is 12.9 Å². The molecule has 47 heavy (non-hydrogen) atoms. The second-order valence-electron chi connectivity index (χ2n) is 11.3. The number of anilines is 1. The summed E-state index contributed by atoms with van der Waals surface area (Å²) in [5, 5.41) is 26.5. The fourth-order valence-electron chi connectivity index (χ4n) is 5.30. The minimum Gasteiger partial charge on any atom is -0.460 e. The zero-order chi connectivity index (χ0) is 33.3. The average molecular weight is 665 g/mol. The first-order valence-electron chi connectivity index (χ1n) is 14.6. The molecule has 6 rings (SSSR count). The van der Waals surface area contributed by atoms with Gasteiger partial charge in [-0.25, -0.2) is 9.55 Å². The highest BCUT2D eigenvalue weighted by atomic mass is 31.2. The highest BCUT2D eigenvalue weighted by molar-refractivity contribution is 7.52. The Bertz CT molecular complexity index is 2010. The molecule has 6 atom stereocenters. The first-order valence-corrected chi connectivity index (χ1v) is 16.2. The number of nitrogens with zero attached hydrogens (tertiary/aromatic N) is 3. The predicted molar refractivity (Wildman–Crippen MR) is 170 cm³/mol. The van der Waals surface area contributed by atoms with Crippen LogP contribution in [0.5, 0.6) is 5.75 Å². The van der Waals surface area contributed by atoms with Gasteiger partial charge in [-0.05, 0) is 30.9 Å². The van der Waals surface area contributed by atoms with E-state index in [1.165, 1.54) is 24.7 Å². The van der Waals surface area contributed by atoms with Crippen LogP contribution in [0.1, 0.15) is 25.6 Å². The molecular formula is C31H33N6O9P. The number of nitrogens with one attached hydrogen (secondary N) is 2. The fourth-order valence-corrected chi connectivity index (χ4v) is 6.82. The van der Waals surface area contributed by atoms with Crippen molar-refractivity contribution in [2.75, 3.05) is 12.3 Å². The first kappa shape index (κ1) is 32.3. The number of aliphatic hydroxyl groups is 2. The first-order chi connectivity index (χ1) is 22.4. The second-order valence-corrected chi connectivity index (χ2v) is 13.0. The standard InChI is InChI=1S/C31H33N6O9P/c1-18(28(40)43-15-19-9-4-3-5-10-19)36-47(42,46-22-14-8-12-20-11-6-7-13-21(20)22)44-16-23-25(38)31(2,41)29(45-23)37-17-33-24-26(37)34-30(32)35-27(24)39/h3-14,17-18,23,25,29,38,41H,15-16H2,1-2H3,(H,36,42)(H3,32,34,35,39)/t18-,23+,25-,29+,31?,47?/m0/s1. The molecule has 0 aliphatic carbocycles. The van der Waals surface area contributed by atoms with E-state index in [4.69, 9.17) is 24.3 Å². The number of carbonyl (C=O) groups is 1. The van der Waals surface area contributed by atoms with Crippen LogP contribution >= 0.6 is 7.75 Å². The summed E-state index contributed by atoms with van der Waals surface area (Å²) < 4.78 is 38.8. The molecule has 0 bridgehead atoms. The molecule has 3 heterocycles. The Balaban J connectivity index is 1.24. The summed E-state index contributed by atoms with van der Waals surface area (Å²) in [5.74, 6) is -0.690. The van der Waals surface area contributed by atoms with E-state index in [0.717, 1.165) is 10.9 Å². The molecule has 1 saturated heterocycles. The van der Waals surface area contributed by atoms with Crippen LogP contribution < -0.4 is 20.9 Å². The van der Waals surface area contributed by atoms with Gasteiger partial charge in [-0.1, -0.05) is 66.7 Å². The summed E-state index contributed by atoms with van der Waals surface area (Å²) in [6, 6.07) is 20.3. The van der Waals surface area contributed by atoms with Crippen molar-refractivity contribution in [2.24, 2.45) is 0 Å². The van der Waals surface area contributed by atoms with E-state index in [9.17, 15) is 24.4 Å². The molecule has 1 fully saturated rings. The summed E-state index contributed by atoms with van der Waals surface area (Å²) in [5.41, 5.74) is 3.88. The van der Waals surface area contributed by atoms with Gasteiger partial charge in [0, 0.05) is 5.39 Å². The van der Waals surface area contributed by atoms with Gasteiger partial charge >= 0.3 is 13.7 Å². The number of imidazole rings is 1. The maximum absolute atomic E-state index is 14.4. The van der Waals surface area contributed by atoms with Crippen LogP contribution in [-0.4, -0.2) is 66.2 Å². The third-order valence-corrected chi connectivity index (χ3v) is 9.39. The van der Waals surface area contributed by atoms with Crippen molar-refractivity contribution < 1.29 is 38.1 Å². The molecule has 0 saturated carbocycles. The minimum absolute atomic E-state index is 0.00504. The average Bonchev–Trinajstić information content (AvgIpc) is 3.56. The topological polar surface area (TPSA) is 213 Å². The predicted octanol–water partition coefficient (Wildman–Crippen LogP) is 2.79. The fraction of sp³-hybridized carbons (Fsp3) is 0.290. The smallest absolute Gasteiger partial charge is 0.459 e. The molecule has 246 valence electrons. The normalized spacial score (nSPS) is 23.0. The lowest BCUT2D eigenvalue weighted by Gasteiger charge is -2.27. The number of benzene rings is 3. The van der Waals surface area contributed by atoms with Crippen molar-refractivity contribution >= 4 is 41.6 Å². The number of esters is 1. The number of rotatable bonds is 11. The summed E-state index contributed by atoms with van der Waals surface area (Å²) in [6.07, 6.45) is -2.93. The number of carbonyl (C=O) groups excluding carboxylic acids is 1. The molecule has 0 amide bonds. The number of ether oxygens (including phenoxy) is 2. The number of hydrogen-bond acceptors (Lipinski definition) is 12. The van der Waals surface area contributed by atoms with E-state index in [1.807, 2.05) is 36.4 Å². The zero-order valence-corrected chi connectivity index (χ0v) is 26.2. The zero-order valence-electron chi connectivity index (χ0n) is 25.3. The van der Waals surface area contributed by atoms with Crippen LogP contribution in [0.4, 0.5) is 5.95 Å². The third kappa shape index (κ3) is 6.63. The Labute approximate surface area is 267 Å². The van der Waals surface area contributed by atoms with Crippen molar-refractivity contribution in [3.05, 3.63) is 95.0 Å². The maximum Gasteiger partial charge on any atom is 0.459 e. The number of aromatic nitrogens is 4. The summed E-state index contributed by atoms with van der Waals surface area (Å²) in [4.78, 5) is 35.7. The molecule has 2 aromatic heterocycles. The van der Waals surface area contributed by atoms with E-state index in [2.05, 4.69) is 20.0 Å². The monoisotopic (exact) mass is 664 g/mol. The van der Waals surface area contributed by atoms with E-state index < -0.39 is 56.0 Å². The van der Waals surface area contributed by atoms with Crippen molar-refractivity contribution in [3.8, 4) is 5.75 Å². The summed E-state index contributed by atoms with van der Waals surface area (Å²) in [7, 11) is -4.42. The van der Waals surface area contributed by atoms with Gasteiger partial charge in [0.15, 0.2) is 17.4 Å². The molecule has 5 aromatic rings. The molecule has 2 unspecified atom stereocenters. The van der Waals surface area contributed by atoms with Crippen LogP contribution in [0.3, 0.4) is 0 Å². The second kappa shape index (κ2) is 12.9. The van der Waals surface area contributed by atoms with Gasteiger partial charge in [0.2, 0.25) is 5.95 Å². The Morgan fingerprint density at radius 2 is 1.89 bits per heavy atom. The number of H-pyrrole nitrogens is 1. The SMILES string of the molecule is C[C@H](NP(=O)(OC[C@H]1O[C@@H](n2cnc3c(=O)[nH]c(N)nc32)C(C)(O)[C@H]1O)Oc1cccc2ccccc12)C(=O)OCc1ccccc1. The highest BCUT2D eigenvalue weighted by Gasteiger charge is 2.54. The lowest BCUT2D eigenvalue weighted by Crippen LogP contribution is -2.44. The van der Waals surface area contributed by atoms with Crippen LogP contribution in [0.15, 0.2) is 83.9 Å². The number of aromatic amines is 1. The van der Waals surface area contributed by atoms with Gasteiger partial charge in [0.1, 0.15) is 36.2 Å². The van der Waals surface area contributed by atoms with Crippen LogP contribution in [0, 0.1) is 0 Å². The van der Waals surface area contributed by atoms with Crippen molar-refractivity contribution in [1.29, 1.82) is 0 Å². The van der Waals surface area contributed by atoms with Gasteiger partial charge in [-0.15, -0.1) is 0 Å². The van der Waals surface area contributed by atoms with Crippen molar-refractivity contribution in [3.63, 3.8) is 0 Å². The maximum atomic E-state index is 14.4. The van der Waals surface area contributed by atoms with Gasteiger partial charge in [-0.2, -0.15) is 10.1 Å². The molecule has 1 aliphatic heterocycles. The molecule has 0 spiro atoms. The van der Waals surface area contributed by atoms with Crippen LogP contribution in [-0.2, 0) is 30.0 Å². The largest absolute Gasteiger partial charge is 0.460 e. The Morgan fingerprint density at radius 3 is 2.68 bits per heavy atom. The van der Waals surface area contributed by atoms with E-state index in [0.29, 0.717) is 5.39 Å². The highest BCUT2D eigenvalue weighted by Crippen LogP contribution is 2.48. The minimum atomic E-state index is -4.42. The molecule has 6 N–H and O–H groups in total. The summed E-state index contributed by atoms with van der Waals surface area (Å²) >= 11 is 0. The van der Waals surface area contributed by atoms with E-state index in [1.54, 1.807) is 36.4 Å². The molecule has 16 heteroatoms. The summed E-state index contributed by atoms with van der Waals surface area (Å²) in [6.45, 7) is 2.20. The quantitative estimate of drug-likeness (QED) is 0.102. The number of hydrogen-bond donors (Lipinski definition) is 5. The van der Waals surface area contributed by atoms with Gasteiger partial charge in [-0.3, -0.25) is 23.7 Å². The number of nitrogen functional groups attached to an aromatic ring is 1. The molecule has 3 aromatic carbocycles. The molecule has 0 radical (unpaired) electrons. The Kier molecular flexibility index (Phi) is 8.85. The number of fused-ring (bicyclic) bond motifs is 2. The van der Waals surface area contributed by atoms with Gasteiger partial charge in [0.25, 0.3) is 5.56 Å². The lowest BCUT2D eigenvalue weighted by atomic mass is 9.96. The molecular weight excluding hydrogens is 631 g/mol. The molecule has 1 aliphatic rings. The van der Waals surface area contributed by atoms with E-state index >= 15 is 0 Å². The Hall–Kier alpha value is -4.63. The third-order valence-electron chi connectivity index (χ3n) is 7.76.